The van der Waals surface area contributed by atoms with Gasteiger partial charge in [0, 0.05) is 19.7 Å². The third-order valence-corrected chi connectivity index (χ3v) is 2.17. The topological polar surface area (TPSA) is 75.3 Å². The summed E-state index contributed by atoms with van der Waals surface area (Å²) in [4.78, 5) is 9.68. The minimum atomic E-state index is -0.331. The van der Waals surface area contributed by atoms with Crippen molar-refractivity contribution in [2.24, 2.45) is 0 Å². The lowest BCUT2D eigenvalue weighted by molar-refractivity contribution is 0.187. The summed E-state index contributed by atoms with van der Waals surface area (Å²) in [7, 11) is 1.86. The van der Waals surface area contributed by atoms with Crippen LogP contribution in [0.4, 0.5) is 11.8 Å². The molecule has 0 saturated carbocycles. The average molecular weight is 231 g/mol. The highest BCUT2D eigenvalue weighted by molar-refractivity contribution is 6.29. The molecule has 1 aromatic rings. The van der Waals surface area contributed by atoms with Crippen LogP contribution in [0, 0.1) is 0 Å². The number of aliphatic hydroxyl groups is 1. The first-order valence-electron chi connectivity index (χ1n) is 4.68. The number of rotatable bonds is 4. The third kappa shape index (κ3) is 3.89. The number of nitrogen functional groups attached to an aromatic ring is 1. The van der Waals surface area contributed by atoms with E-state index in [1.807, 2.05) is 11.9 Å². The van der Waals surface area contributed by atoms with E-state index >= 15 is 0 Å². The summed E-state index contributed by atoms with van der Waals surface area (Å²) in [5.74, 6) is 0.814. The number of hydrogen-bond acceptors (Lipinski definition) is 5. The lowest BCUT2D eigenvalue weighted by Gasteiger charge is -2.19. The van der Waals surface area contributed by atoms with E-state index in [9.17, 15) is 0 Å². The number of anilines is 2. The fourth-order valence-electron chi connectivity index (χ4n) is 1.11. The third-order valence-electron chi connectivity index (χ3n) is 1.97. The highest BCUT2D eigenvalue weighted by atomic mass is 35.5. The van der Waals surface area contributed by atoms with Crippen LogP contribution in [0.1, 0.15) is 13.3 Å². The predicted octanol–water partition coefficient (Wildman–Crippen LogP) is 0.919. The van der Waals surface area contributed by atoms with Gasteiger partial charge >= 0.3 is 0 Å². The van der Waals surface area contributed by atoms with Crippen LogP contribution in [0.5, 0.6) is 0 Å². The molecule has 0 aliphatic rings. The Hall–Kier alpha value is -1.07. The summed E-state index contributed by atoms with van der Waals surface area (Å²) < 4.78 is 0. The van der Waals surface area contributed by atoms with E-state index in [0.29, 0.717) is 23.9 Å². The van der Waals surface area contributed by atoms with Crippen molar-refractivity contribution < 1.29 is 5.11 Å². The Morgan fingerprint density at radius 1 is 1.60 bits per heavy atom. The Kier molecular flexibility index (Phi) is 4.11. The van der Waals surface area contributed by atoms with Crippen molar-refractivity contribution in [1.29, 1.82) is 0 Å². The Labute approximate surface area is 93.9 Å². The number of hydrogen-bond donors (Lipinski definition) is 2. The molecule has 0 spiro atoms. The quantitative estimate of drug-likeness (QED) is 0.753. The zero-order valence-corrected chi connectivity index (χ0v) is 9.57. The molecule has 0 aliphatic heterocycles. The van der Waals surface area contributed by atoms with Crippen LogP contribution in [0.3, 0.4) is 0 Å². The highest BCUT2D eigenvalue weighted by Gasteiger charge is 2.06. The molecule has 0 amide bonds. The van der Waals surface area contributed by atoms with Crippen LogP contribution < -0.4 is 10.6 Å². The molecule has 0 fully saturated rings. The van der Waals surface area contributed by atoms with Crippen molar-refractivity contribution in [2.75, 3.05) is 24.2 Å². The van der Waals surface area contributed by atoms with Crippen molar-refractivity contribution in [3.63, 3.8) is 0 Å². The van der Waals surface area contributed by atoms with Gasteiger partial charge in [-0.1, -0.05) is 11.6 Å². The van der Waals surface area contributed by atoms with Gasteiger partial charge in [0.25, 0.3) is 0 Å². The zero-order valence-electron chi connectivity index (χ0n) is 8.81. The second-order valence-corrected chi connectivity index (χ2v) is 3.85. The summed E-state index contributed by atoms with van der Waals surface area (Å²) in [6, 6.07) is 1.64. The molecule has 0 bridgehead atoms. The van der Waals surface area contributed by atoms with Gasteiger partial charge in [0.05, 0.1) is 6.10 Å². The van der Waals surface area contributed by atoms with Crippen molar-refractivity contribution in [1.82, 2.24) is 9.97 Å². The fourth-order valence-corrected chi connectivity index (χ4v) is 1.30. The predicted molar refractivity (Wildman–Crippen MR) is 61.0 cm³/mol. The lowest BCUT2D eigenvalue weighted by Crippen LogP contribution is -2.23. The summed E-state index contributed by atoms with van der Waals surface area (Å²) in [6.45, 7) is 2.43. The fraction of sp³-hybridized carbons (Fsp3) is 0.556. The van der Waals surface area contributed by atoms with Gasteiger partial charge in [-0.05, 0) is 13.3 Å². The molecule has 1 unspecified atom stereocenters. The average Bonchev–Trinajstić information content (AvgIpc) is 2.12. The summed E-state index contributed by atoms with van der Waals surface area (Å²) in [6.07, 6.45) is 0.333. The van der Waals surface area contributed by atoms with Crippen LogP contribution in [0.25, 0.3) is 0 Å². The second kappa shape index (κ2) is 5.14. The molecule has 0 radical (unpaired) electrons. The van der Waals surface area contributed by atoms with Crippen LogP contribution in [0.15, 0.2) is 6.07 Å². The van der Waals surface area contributed by atoms with Crippen LogP contribution in [0.2, 0.25) is 5.15 Å². The second-order valence-electron chi connectivity index (χ2n) is 3.47. The first kappa shape index (κ1) is 12.0. The number of halogens is 1. The van der Waals surface area contributed by atoms with E-state index in [0.717, 1.165) is 0 Å². The molecule has 0 aromatic carbocycles. The van der Waals surface area contributed by atoms with E-state index in [4.69, 9.17) is 22.4 Å². The van der Waals surface area contributed by atoms with Gasteiger partial charge in [-0.3, -0.25) is 0 Å². The normalized spacial score (nSPS) is 12.5. The SMILES string of the molecule is CC(O)CCN(C)c1cc(Cl)nc(N)n1. The molecule has 0 saturated heterocycles. The van der Waals surface area contributed by atoms with Crippen LogP contribution in [-0.2, 0) is 0 Å². The summed E-state index contributed by atoms with van der Waals surface area (Å²) in [5, 5.41) is 9.47. The maximum atomic E-state index is 9.15. The molecule has 3 N–H and O–H groups in total. The molecule has 1 atom stereocenters. The lowest BCUT2D eigenvalue weighted by atomic mass is 10.3. The Morgan fingerprint density at radius 3 is 2.80 bits per heavy atom. The molecule has 84 valence electrons. The number of nitrogens with zero attached hydrogens (tertiary/aromatic N) is 3. The summed E-state index contributed by atoms with van der Waals surface area (Å²) in [5.41, 5.74) is 5.47. The maximum absolute atomic E-state index is 9.15. The minimum Gasteiger partial charge on any atom is -0.393 e. The van der Waals surface area contributed by atoms with E-state index in [1.54, 1.807) is 13.0 Å². The monoisotopic (exact) mass is 230 g/mol. The van der Waals surface area contributed by atoms with Gasteiger partial charge in [-0.15, -0.1) is 0 Å². The smallest absolute Gasteiger partial charge is 0.223 e. The molecule has 1 rings (SSSR count). The largest absolute Gasteiger partial charge is 0.393 e. The Morgan fingerprint density at radius 2 is 2.27 bits per heavy atom. The van der Waals surface area contributed by atoms with E-state index < -0.39 is 0 Å². The minimum absolute atomic E-state index is 0.154. The molecule has 0 aliphatic carbocycles. The van der Waals surface area contributed by atoms with Crippen molar-refractivity contribution in [3.8, 4) is 0 Å². The number of aliphatic hydroxyl groups excluding tert-OH is 1. The van der Waals surface area contributed by atoms with Gasteiger partial charge < -0.3 is 15.7 Å². The van der Waals surface area contributed by atoms with Gasteiger partial charge in [-0.25, -0.2) is 4.98 Å². The molecule has 15 heavy (non-hydrogen) atoms. The summed E-state index contributed by atoms with van der Waals surface area (Å²) >= 11 is 5.75. The van der Waals surface area contributed by atoms with Gasteiger partial charge in [0.1, 0.15) is 11.0 Å². The molecule has 1 aromatic heterocycles. The molecule has 1 heterocycles. The molecular formula is C9H15ClN4O. The number of aromatic nitrogens is 2. The van der Waals surface area contributed by atoms with E-state index in [-0.39, 0.29) is 12.1 Å². The maximum Gasteiger partial charge on any atom is 0.223 e. The van der Waals surface area contributed by atoms with Gasteiger partial charge in [-0.2, -0.15) is 4.98 Å². The molecule has 5 nitrogen and oxygen atoms in total. The van der Waals surface area contributed by atoms with Crippen LogP contribution >= 0.6 is 11.6 Å². The first-order valence-corrected chi connectivity index (χ1v) is 5.06. The molecular weight excluding hydrogens is 216 g/mol. The zero-order chi connectivity index (χ0) is 11.4. The van der Waals surface area contributed by atoms with Gasteiger partial charge in [0.2, 0.25) is 5.95 Å². The highest BCUT2D eigenvalue weighted by Crippen LogP contribution is 2.16. The van der Waals surface area contributed by atoms with Crippen LogP contribution in [-0.4, -0.2) is 34.8 Å². The number of nitrogens with two attached hydrogens (primary N) is 1. The van der Waals surface area contributed by atoms with E-state index in [2.05, 4.69) is 9.97 Å². The van der Waals surface area contributed by atoms with Gasteiger partial charge in [0.15, 0.2) is 0 Å². The Balaban J connectivity index is 2.68. The van der Waals surface area contributed by atoms with Crippen molar-refractivity contribution >= 4 is 23.4 Å². The Bertz CT molecular complexity index is 312. The van der Waals surface area contributed by atoms with Crippen molar-refractivity contribution in [3.05, 3.63) is 11.2 Å². The molecule has 6 heteroatoms. The first-order chi connectivity index (χ1) is 6.99. The van der Waals surface area contributed by atoms with Crippen molar-refractivity contribution in [2.45, 2.75) is 19.4 Å². The van der Waals surface area contributed by atoms with E-state index in [1.165, 1.54) is 0 Å². The standard InChI is InChI=1S/C9H15ClN4O/c1-6(15)3-4-14(2)8-5-7(10)12-9(11)13-8/h5-6,15H,3-4H2,1-2H3,(H2,11,12,13).